The number of halogens is 2. The van der Waals surface area contributed by atoms with Crippen molar-refractivity contribution in [2.75, 3.05) is 40.0 Å². The van der Waals surface area contributed by atoms with Crippen LogP contribution in [-0.4, -0.2) is 66.5 Å². The summed E-state index contributed by atoms with van der Waals surface area (Å²) in [7, 11) is 1.70. The fourth-order valence-electron chi connectivity index (χ4n) is 6.40. The van der Waals surface area contributed by atoms with Gasteiger partial charge in [0.05, 0.1) is 29.1 Å². The number of amides is 1. The van der Waals surface area contributed by atoms with Gasteiger partial charge in [0.1, 0.15) is 18.0 Å². The molecule has 2 aliphatic rings. The van der Waals surface area contributed by atoms with Crippen molar-refractivity contribution in [1.29, 1.82) is 0 Å². The van der Waals surface area contributed by atoms with E-state index in [0.717, 1.165) is 54.5 Å². The predicted octanol–water partition coefficient (Wildman–Crippen LogP) is 5.90. The smallest absolute Gasteiger partial charge is 0.251 e. The predicted molar refractivity (Wildman–Crippen MR) is 188 cm³/mol. The van der Waals surface area contributed by atoms with Gasteiger partial charge in [-0.1, -0.05) is 36.2 Å². The molecule has 1 aromatic heterocycles. The molecule has 5 rings (SSSR count). The molecule has 1 amide bonds. The van der Waals surface area contributed by atoms with E-state index in [-0.39, 0.29) is 30.7 Å². The van der Waals surface area contributed by atoms with E-state index in [2.05, 4.69) is 24.4 Å². The third-order valence-electron chi connectivity index (χ3n) is 9.06. The number of hydrogen-bond donors (Lipinski definition) is 2. The zero-order chi connectivity index (χ0) is 34.3. The number of aliphatic hydroxyl groups is 1. The molecule has 2 aromatic carbocycles. The van der Waals surface area contributed by atoms with Crippen molar-refractivity contribution in [2.24, 2.45) is 5.92 Å². The number of nitrogens with zero attached hydrogens (tertiary/aromatic N) is 2. The van der Waals surface area contributed by atoms with Gasteiger partial charge in [-0.25, -0.2) is 0 Å². The minimum atomic E-state index is -1.50. The van der Waals surface area contributed by atoms with Gasteiger partial charge in [0.25, 0.3) is 5.56 Å². The second kappa shape index (κ2) is 16.5. The van der Waals surface area contributed by atoms with Crippen molar-refractivity contribution in [1.82, 2.24) is 14.8 Å². The molecule has 1 saturated heterocycles. The van der Waals surface area contributed by atoms with E-state index in [1.807, 2.05) is 17.9 Å². The molecule has 1 saturated carbocycles. The molecule has 48 heavy (non-hydrogen) atoms. The van der Waals surface area contributed by atoms with Crippen molar-refractivity contribution in [3.63, 3.8) is 0 Å². The molecule has 2 N–H and O–H groups in total. The minimum Gasteiger partial charge on any atom is -0.494 e. The summed E-state index contributed by atoms with van der Waals surface area (Å²) in [5.41, 5.74) is 1.72. The number of aryl methyl sites for hydroxylation is 2. The fourth-order valence-corrected chi connectivity index (χ4v) is 7.10. The lowest BCUT2D eigenvalue weighted by Gasteiger charge is -2.42. The maximum Gasteiger partial charge on any atom is 0.251 e. The molecule has 2 atom stereocenters. The number of carbonyl (C=O) groups excluding carboxylic acids is 1. The van der Waals surface area contributed by atoms with Crippen LogP contribution in [0.4, 0.5) is 0 Å². The van der Waals surface area contributed by atoms with Crippen LogP contribution in [-0.2, 0) is 34.6 Å². The van der Waals surface area contributed by atoms with E-state index in [9.17, 15) is 14.7 Å². The van der Waals surface area contributed by atoms with Crippen LogP contribution in [0, 0.1) is 12.8 Å². The Morgan fingerprint density at radius 3 is 2.50 bits per heavy atom. The summed E-state index contributed by atoms with van der Waals surface area (Å²) in [6, 6.07) is 13.1. The molecule has 11 heteroatoms. The molecule has 9 nitrogen and oxygen atoms in total. The van der Waals surface area contributed by atoms with Crippen LogP contribution in [0.3, 0.4) is 0 Å². The van der Waals surface area contributed by atoms with Gasteiger partial charge < -0.3 is 34.1 Å². The summed E-state index contributed by atoms with van der Waals surface area (Å²) < 4.78 is 18.6. The maximum atomic E-state index is 14.4. The Labute approximate surface area is 293 Å². The number of methoxy groups -OCH3 is 1. The third-order valence-corrected chi connectivity index (χ3v) is 9.62. The minimum absolute atomic E-state index is 0.113. The van der Waals surface area contributed by atoms with Crippen LogP contribution in [0.1, 0.15) is 61.3 Å². The quantitative estimate of drug-likeness (QED) is 0.180. The Morgan fingerprint density at radius 1 is 1.06 bits per heavy atom. The van der Waals surface area contributed by atoms with Gasteiger partial charge in [-0.3, -0.25) is 9.59 Å². The SMILES string of the molecule is CCCOc1cc(CCCOC)cc(CN(C(=O)[C@H]2CNCC[C@]2(O)c2ccn(CCOc3c(Cl)cc(C)cc3Cl)c(=O)c2)C2CC2)c1. The standard InChI is InChI=1S/C37H47Cl2N3O6/c1-4-14-47-30-20-26(6-5-15-46-3)19-27(21-30)24-42(29-7-8-29)36(44)31-23-40-11-10-37(31,45)28-9-12-41(34(43)22-28)13-16-48-35-32(38)17-25(2)18-33(35)39/h9,12,17-22,29,31,40,45H,4-8,10-11,13-16,23-24H2,1-3H3/t31-,37+/m1/s1. The number of aromatic nitrogens is 1. The first-order valence-corrected chi connectivity index (χ1v) is 17.7. The molecule has 0 radical (unpaired) electrons. The summed E-state index contributed by atoms with van der Waals surface area (Å²) in [4.78, 5) is 29.6. The Kier molecular flexibility index (Phi) is 12.5. The molecule has 1 aliphatic carbocycles. The van der Waals surface area contributed by atoms with Crippen LogP contribution in [0.15, 0.2) is 53.5 Å². The average molecular weight is 701 g/mol. The lowest BCUT2D eigenvalue weighted by Crippen LogP contribution is -2.55. The highest BCUT2D eigenvalue weighted by atomic mass is 35.5. The van der Waals surface area contributed by atoms with E-state index in [1.54, 1.807) is 31.5 Å². The highest BCUT2D eigenvalue weighted by Crippen LogP contribution is 2.39. The van der Waals surface area contributed by atoms with Crippen LogP contribution < -0.4 is 20.3 Å². The number of ether oxygens (including phenoxy) is 3. The number of pyridine rings is 1. The van der Waals surface area contributed by atoms with Crippen molar-refractivity contribution >= 4 is 29.1 Å². The Bertz CT molecular complexity index is 1600. The van der Waals surface area contributed by atoms with E-state index in [0.29, 0.717) is 60.6 Å². The zero-order valence-corrected chi connectivity index (χ0v) is 29.6. The Balaban J connectivity index is 1.33. The van der Waals surface area contributed by atoms with Crippen molar-refractivity contribution in [3.8, 4) is 11.5 Å². The third kappa shape index (κ3) is 8.93. The highest BCUT2D eigenvalue weighted by Gasteiger charge is 2.48. The topological polar surface area (TPSA) is 102 Å². The highest BCUT2D eigenvalue weighted by molar-refractivity contribution is 6.37. The number of carbonyl (C=O) groups is 1. The van der Waals surface area contributed by atoms with Crippen LogP contribution in [0.2, 0.25) is 10.0 Å². The molecular weight excluding hydrogens is 653 g/mol. The fraction of sp³-hybridized carbons (Fsp3) is 0.514. The largest absolute Gasteiger partial charge is 0.494 e. The van der Waals surface area contributed by atoms with Crippen molar-refractivity contribution in [3.05, 3.63) is 91.3 Å². The molecule has 0 spiro atoms. The Morgan fingerprint density at radius 2 is 1.81 bits per heavy atom. The monoisotopic (exact) mass is 699 g/mol. The summed E-state index contributed by atoms with van der Waals surface area (Å²) in [5.74, 6) is 0.313. The first-order valence-electron chi connectivity index (χ1n) is 16.9. The van der Waals surface area contributed by atoms with Crippen LogP contribution in [0.25, 0.3) is 0 Å². The molecule has 260 valence electrons. The summed E-state index contributed by atoms with van der Waals surface area (Å²) >= 11 is 12.6. The molecule has 3 aromatic rings. The molecule has 2 fully saturated rings. The number of benzene rings is 2. The van der Waals surface area contributed by atoms with Crippen LogP contribution in [0.5, 0.6) is 11.5 Å². The number of rotatable bonds is 16. The number of nitrogens with one attached hydrogen (secondary N) is 1. The number of piperidine rings is 1. The van der Waals surface area contributed by atoms with Gasteiger partial charge >= 0.3 is 0 Å². The second-order valence-electron chi connectivity index (χ2n) is 12.9. The lowest BCUT2D eigenvalue weighted by atomic mass is 9.76. The molecule has 2 heterocycles. The maximum absolute atomic E-state index is 14.4. The zero-order valence-electron chi connectivity index (χ0n) is 28.1. The van der Waals surface area contributed by atoms with Gasteiger partial charge in [-0.05, 0) is 105 Å². The second-order valence-corrected chi connectivity index (χ2v) is 13.7. The van der Waals surface area contributed by atoms with E-state index < -0.39 is 11.5 Å². The number of hydrogen-bond acceptors (Lipinski definition) is 7. The van der Waals surface area contributed by atoms with Gasteiger partial charge in [0, 0.05) is 45.1 Å². The summed E-state index contributed by atoms with van der Waals surface area (Å²) in [6.45, 7) is 6.96. The Hall–Kier alpha value is -3.08. The molecule has 1 aliphatic heterocycles. The molecule has 0 bridgehead atoms. The molecular formula is C37H47Cl2N3O6. The van der Waals surface area contributed by atoms with E-state index >= 15 is 0 Å². The first-order chi connectivity index (χ1) is 23.1. The van der Waals surface area contributed by atoms with Crippen molar-refractivity contribution in [2.45, 2.75) is 77.1 Å². The lowest BCUT2D eigenvalue weighted by molar-refractivity contribution is -0.150. The van der Waals surface area contributed by atoms with Gasteiger partial charge in [0.15, 0.2) is 5.75 Å². The first kappa shape index (κ1) is 36.2. The summed E-state index contributed by atoms with van der Waals surface area (Å²) in [5, 5.41) is 16.3. The van der Waals surface area contributed by atoms with E-state index in [1.165, 1.54) is 10.6 Å². The van der Waals surface area contributed by atoms with Gasteiger partial charge in [0.2, 0.25) is 5.91 Å². The molecule has 0 unspecified atom stereocenters. The van der Waals surface area contributed by atoms with Gasteiger partial charge in [-0.15, -0.1) is 0 Å². The van der Waals surface area contributed by atoms with Crippen LogP contribution >= 0.6 is 23.2 Å². The normalized spacial score (nSPS) is 19.2. The van der Waals surface area contributed by atoms with Crippen molar-refractivity contribution < 1.29 is 24.1 Å². The van der Waals surface area contributed by atoms with E-state index in [4.69, 9.17) is 37.4 Å². The summed E-state index contributed by atoms with van der Waals surface area (Å²) in [6.07, 6.45) is 6.44. The average Bonchev–Trinajstić information content (AvgIpc) is 3.90. The van der Waals surface area contributed by atoms with Gasteiger partial charge in [-0.2, -0.15) is 0 Å².